The lowest BCUT2D eigenvalue weighted by Crippen LogP contribution is -2.44. The van der Waals surface area contributed by atoms with E-state index in [2.05, 4.69) is 5.32 Å². The summed E-state index contributed by atoms with van der Waals surface area (Å²) in [5.74, 6) is -0.434. The van der Waals surface area contributed by atoms with Crippen LogP contribution in [0, 0.1) is 17.2 Å². The molecule has 0 radical (unpaired) electrons. The minimum absolute atomic E-state index is 0.101. The molecule has 6 heteroatoms. The molecule has 1 aliphatic rings. The first-order chi connectivity index (χ1) is 8.67. The number of nitriles is 1. The normalized spacial score (nSPS) is 19.9. The van der Waals surface area contributed by atoms with Gasteiger partial charge in [-0.2, -0.15) is 5.26 Å². The summed E-state index contributed by atoms with van der Waals surface area (Å²) in [7, 11) is 1.38. The zero-order valence-electron chi connectivity index (χ0n) is 10.6. The van der Waals surface area contributed by atoms with Crippen molar-refractivity contribution in [3.8, 4) is 6.07 Å². The second-order valence-corrected chi connectivity index (χ2v) is 4.36. The molecule has 0 saturated carbocycles. The Kier molecular flexibility index (Phi) is 6.15. The molecule has 0 bridgehead atoms. The van der Waals surface area contributed by atoms with Gasteiger partial charge in [0.1, 0.15) is 0 Å². The third-order valence-electron chi connectivity index (χ3n) is 2.97. The van der Waals surface area contributed by atoms with Gasteiger partial charge in [-0.1, -0.05) is 0 Å². The molecule has 0 spiro atoms. The van der Waals surface area contributed by atoms with Crippen molar-refractivity contribution in [2.24, 2.45) is 5.92 Å². The summed E-state index contributed by atoms with van der Waals surface area (Å²) >= 11 is 0. The maximum Gasteiger partial charge on any atom is 0.309 e. The van der Waals surface area contributed by atoms with Gasteiger partial charge in [-0.05, 0) is 19.4 Å². The third kappa shape index (κ3) is 4.72. The van der Waals surface area contributed by atoms with Gasteiger partial charge in [0.2, 0.25) is 5.91 Å². The summed E-state index contributed by atoms with van der Waals surface area (Å²) in [6, 6.07) is 1.97. The topological polar surface area (TPSA) is 82.4 Å². The number of hydrogen-bond donors (Lipinski definition) is 1. The highest BCUT2D eigenvalue weighted by Crippen LogP contribution is 2.17. The number of likely N-dealkylation sites (tertiary alicyclic amines) is 1. The smallest absolute Gasteiger partial charge is 0.309 e. The van der Waals surface area contributed by atoms with Crippen LogP contribution in [0.25, 0.3) is 0 Å². The predicted octanol–water partition coefficient (Wildman–Crippen LogP) is -0.0987. The number of piperidine rings is 1. The van der Waals surface area contributed by atoms with Gasteiger partial charge in [-0.25, -0.2) is 0 Å². The van der Waals surface area contributed by atoms with E-state index in [0.717, 1.165) is 19.4 Å². The van der Waals surface area contributed by atoms with E-state index in [1.54, 1.807) is 0 Å². The van der Waals surface area contributed by atoms with Crippen molar-refractivity contribution < 1.29 is 14.3 Å². The van der Waals surface area contributed by atoms with Crippen molar-refractivity contribution in [2.45, 2.75) is 19.3 Å². The van der Waals surface area contributed by atoms with Crippen LogP contribution < -0.4 is 5.32 Å². The van der Waals surface area contributed by atoms with E-state index >= 15 is 0 Å². The van der Waals surface area contributed by atoms with E-state index in [-0.39, 0.29) is 24.3 Å². The maximum absolute atomic E-state index is 11.6. The number of hydrogen-bond acceptors (Lipinski definition) is 5. The molecule has 1 amide bonds. The number of carbonyl (C=O) groups excluding carboxylic acids is 2. The largest absolute Gasteiger partial charge is 0.469 e. The van der Waals surface area contributed by atoms with Crippen LogP contribution in [0.3, 0.4) is 0 Å². The Bertz CT molecular complexity index is 338. The standard InChI is InChI=1S/C12H19N3O3/c1-18-12(17)10-4-2-7-15(8-10)9-11(16)14-6-3-5-13/h10H,2-4,6-9H2,1H3,(H,14,16)/t10-/m0/s1. The highest BCUT2D eigenvalue weighted by molar-refractivity contribution is 5.78. The Morgan fingerprint density at radius 1 is 1.56 bits per heavy atom. The van der Waals surface area contributed by atoms with E-state index in [1.807, 2.05) is 11.0 Å². The van der Waals surface area contributed by atoms with E-state index in [1.165, 1.54) is 7.11 Å². The van der Waals surface area contributed by atoms with E-state index in [4.69, 9.17) is 10.00 Å². The molecule has 1 rings (SSSR count). The van der Waals surface area contributed by atoms with E-state index in [0.29, 0.717) is 19.5 Å². The first-order valence-electron chi connectivity index (χ1n) is 6.11. The molecule has 1 N–H and O–H groups in total. The summed E-state index contributed by atoms with van der Waals surface area (Å²) in [5, 5.41) is 11.0. The van der Waals surface area contributed by atoms with Gasteiger partial charge in [-0.3, -0.25) is 14.5 Å². The van der Waals surface area contributed by atoms with Crippen LogP contribution in [-0.2, 0) is 14.3 Å². The number of carbonyl (C=O) groups is 2. The molecule has 18 heavy (non-hydrogen) atoms. The van der Waals surface area contributed by atoms with Crippen molar-refractivity contribution in [2.75, 3.05) is 33.3 Å². The van der Waals surface area contributed by atoms with Crippen molar-refractivity contribution in [1.82, 2.24) is 10.2 Å². The molecule has 1 aliphatic heterocycles. The Labute approximate surface area is 107 Å². The summed E-state index contributed by atoms with van der Waals surface area (Å²) in [4.78, 5) is 24.9. The van der Waals surface area contributed by atoms with Gasteiger partial charge in [0.15, 0.2) is 0 Å². The molecular weight excluding hydrogens is 234 g/mol. The molecule has 1 fully saturated rings. The van der Waals surface area contributed by atoms with Crippen molar-refractivity contribution in [3.05, 3.63) is 0 Å². The number of amides is 1. The lowest BCUT2D eigenvalue weighted by Gasteiger charge is -2.30. The molecule has 1 saturated heterocycles. The van der Waals surface area contributed by atoms with Crippen LogP contribution in [0.2, 0.25) is 0 Å². The van der Waals surface area contributed by atoms with Crippen LogP contribution >= 0.6 is 0 Å². The number of nitrogens with one attached hydrogen (secondary N) is 1. The fraction of sp³-hybridized carbons (Fsp3) is 0.750. The molecule has 0 unspecified atom stereocenters. The maximum atomic E-state index is 11.6. The molecule has 1 heterocycles. The first-order valence-corrected chi connectivity index (χ1v) is 6.11. The number of esters is 1. The summed E-state index contributed by atoms with van der Waals surface area (Å²) in [5.41, 5.74) is 0. The SMILES string of the molecule is COC(=O)[C@H]1CCCN(CC(=O)NCCC#N)C1. The Hall–Kier alpha value is -1.61. The van der Waals surface area contributed by atoms with Crippen molar-refractivity contribution >= 4 is 11.9 Å². The highest BCUT2D eigenvalue weighted by Gasteiger charge is 2.27. The van der Waals surface area contributed by atoms with Gasteiger partial charge in [0.25, 0.3) is 0 Å². The van der Waals surface area contributed by atoms with Crippen LogP contribution in [0.4, 0.5) is 0 Å². The summed E-state index contributed by atoms with van der Waals surface area (Å²) in [6.07, 6.45) is 2.03. The monoisotopic (exact) mass is 253 g/mol. The molecule has 0 aliphatic carbocycles. The number of rotatable bonds is 5. The lowest BCUT2D eigenvalue weighted by atomic mass is 9.98. The molecule has 0 aromatic heterocycles. The van der Waals surface area contributed by atoms with Crippen molar-refractivity contribution in [3.63, 3.8) is 0 Å². The minimum Gasteiger partial charge on any atom is -0.469 e. The quantitative estimate of drug-likeness (QED) is 0.546. The summed E-state index contributed by atoms with van der Waals surface area (Å²) < 4.78 is 4.72. The van der Waals surface area contributed by atoms with Crippen LogP contribution in [-0.4, -0.2) is 50.1 Å². The van der Waals surface area contributed by atoms with Gasteiger partial charge in [0.05, 0.1) is 32.1 Å². The van der Waals surface area contributed by atoms with E-state index < -0.39 is 0 Å². The zero-order chi connectivity index (χ0) is 13.4. The summed E-state index contributed by atoms with van der Waals surface area (Å²) in [6.45, 7) is 2.04. The number of nitrogens with zero attached hydrogens (tertiary/aromatic N) is 2. The molecule has 0 aromatic rings. The third-order valence-corrected chi connectivity index (χ3v) is 2.97. The molecule has 1 atom stereocenters. The van der Waals surface area contributed by atoms with E-state index in [9.17, 15) is 9.59 Å². The van der Waals surface area contributed by atoms with Gasteiger partial charge >= 0.3 is 5.97 Å². The molecule has 0 aromatic carbocycles. The average molecular weight is 253 g/mol. The number of ether oxygens (including phenoxy) is 1. The fourth-order valence-corrected chi connectivity index (χ4v) is 2.08. The van der Waals surface area contributed by atoms with Crippen molar-refractivity contribution in [1.29, 1.82) is 5.26 Å². The lowest BCUT2D eigenvalue weighted by molar-refractivity contribution is -0.147. The van der Waals surface area contributed by atoms with Crippen LogP contribution in [0.1, 0.15) is 19.3 Å². The molecule has 6 nitrogen and oxygen atoms in total. The Morgan fingerprint density at radius 2 is 2.33 bits per heavy atom. The predicted molar refractivity (Wildman–Crippen MR) is 64.4 cm³/mol. The van der Waals surface area contributed by atoms with Gasteiger partial charge in [0, 0.05) is 13.1 Å². The minimum atomic E-state index is -0.204. The van der Waals surface area contributed by atoms with Crippen LogP contribution in [0.15, 0.2) is 0 Å². The first kappa shape index (κ1) is 14.5. The second-order valence-electron chi connectivity index (χ2n) is 4.36. The Balaban J connectivity index is 2.31. The Morgan fingerprint density at radius 3 is 3.00 bits per heavy atom. The molecule has 100 valence electrons. The second kappa shape index (κ2) is 7.67. The zero-order valence-corrected chi connectivity index (χ0v) is 10.6. The highest BCUT2D eigenvalue weighted by atomic mass is 16.5. The average Bonchev–Trinajstić information content (AvgIpc) is 2.38. The van der Waals surface area contributed by atoms with Gasteiger partial charge in [-0.15, -0.1) is 0 Å². The number of methoxy groups -OCH3 is 1. The molecular formula is C12H19N3O3. The fourth-order valence-electron chi connectivity index (χ4n) is 2.08. The van der Waals surface area contributed by atoms with Crippen LogP contribution in [0.5, 0.6) is 0 Å². The van der Waals surface area contributed by atoms with Gasteiger partial charge < -0.3 is 10.1 Å².